The van der Waals surface area contributed by atoms with Crippen LogP contribution < -0.4 is 0 Å². The summed E-state index contributed by atoms with van der Waals surface area (Å²) in [6.07, 6.45) is 0. The average Bonchev–Trinajstić information content (AvgIpc) is 0.918. The van der Waals surface area contributed by atoms with Crippen LogP contribution in [0, 0.1) is 0 Å². The molecule has 0 rings (SSSR count). The number of hydrogen-bond acceptors (Lipinski definition) is 1. The van der Waals surface area contributed by atoms with Crippen LogP contribution in [0.25, 0.3) is 0 Å². The minimum absolute atomic E-state index is 0. The normalized spacial score (nSPS) is 4.25. The van der Waals surface area contributed by atoms with Crippen LogP contribution in [0.4, 0.5) is 0 Å². The number of thiol groups is 1. The maximum absolute atomic E-state index is 8.46. The zero-order chi connectivity index (χ0) is 2.71. The minimum Gasteiger partial charge on any atom is -0.308 e. The Morgan fingerprint density at radius 1 is 1.75 bits per heavy atom. The van der Waals surface area contributed by atoms with Crippen LogP contribution in [0.5, 0.6) is 0 Å². The number of rotatable bonds is 0. The summed E-state index contributed by atoms with van der Waals surface area (Å²) in [4.78, 5) is 0. The first kappa shape index (κ1) is 8.82. The second kappa shape index (κ2) is 9.47. The van der Waals surface area contributed by atoms with Gasteiger partial charge in [0.1, 0.15) is 11.9 Å². The third-order valence-electron chi connectivity index (χ3n) is 0. The molecular formula is H2CoO2S. The molecule has 0 amide bonds. The van der Waals surface area contributed by atoms with Crippen LogP contribution in [-0.2, 0) is 28.7 Å². The van der Waals surface area contributed by atoms with E-state index in [1.807, 2.05) is 0 Å². The predicted molar refractivity (Wildman–Crippen MR) is 12.2 cm³/mol. The van der Waals surface area contributed by atoms with E-state index < -0.39 is 11.9 Å². The van der Waals surface area contributed by atoms with Crippen molar-refractivity contribution in [3.8, 4) is 0 Å². The Labute approximate surface area is 38.1 Å². The van der Waals surface area contributed by atoms with Crippen molar-refractivity contribution in [3.05, 3.63) is 0 Å². The smallest absolute Gasteiger partial charge is 0.139 e. The van der Waals surface area contributed by atoms with Crippen molar-refractivity contribution in [2.75, 3.05) is 0 Å². The molecule has 2 nitrogen and oxygen atoms in total. The number of hydrogen-bond donors (Lipinski definition) is 2. The molecule has 0 bridgehead atoms. The maximum Gasteiger partial charge on any atom is 0.139 e. The molecule has 0 fully saturated rings. The van der Waals surface area contributed by atoms with E-state index >= 15 is 0 Å². The van der Waals surface area contributed by atoms with Crippen LogP contribution in [0.3, 0.4) is 0 Å². The average molecular weight is 125 g/mol. The van der Waals surface area contributed by atoms with Gasteiger partial charge in [-0.2, -0.15) is 0 Å². The van der Waals surface area contributed by atoms with Gasteiger partial charge in [0.2, 0.25) is 0 Å². The summed E-state index contributed by atoms with van der Waals surface area (Å²) in [7, 11) is 0. The third-order valence-corrected chi connectivity index (χ3v) is 0. The van der Waals surface area contributed by atoms with Gasteiger partial charge in [-0.1, -0.05) is 0 Å². The molecule has 0 atom stereocenters. The first-order valence-electron chi connectivity index (χ1n) is 0.383. The molecule has 1 N–H and O–H groups in total. The molecule has 0 aromatic carbocycles. The van der Waals surface area contributed by atoms with Gasteiger partial charge < -0.3 is 4.55 Å². The van der Waals surface area contributed by atoms with Gasteiger partial charge in [0, 0.05) is 16.8 Å². The molecule has 0 saturated carbocycles. The topological polar surface area (TPSA) is 37.3 Å². The first-order chi connectivity index (χ1) is 1.41. The van der Waals surface area contributed by atoms with Crippen LogP contribution in [0.1, 0.15) is 0 Å². The Morgan fingerprint density at radius 2 is 1.75 bits per heavy atom. The predicted octanol–water partition coefficient (Wildman–Crippen LogP) is -0.598. The molecule has 0 spiro atoms. The molecule has 0 aromatic heterocycles. The molecule has 4 heteroatoms. The van der Waals surface area contributed by atoms with Crippen LogP contribution in [-0.4, -0.2) is 8.76 Å². The van der Waals surface area contributed by atoms with Crippen molar-refractivity contribution in [1.29, 1.82) is 0 Å². The summed E-state index contributed by atoms with van der Waals surface area (Å²) in [5.41, 5.74) is 0. The fraction of sp³-hybridized carbons (Fsp3) is 0. The van der Waals surface area contributed by atoms with E-state index in [1.54, 1.807) is 0 Å². The van der Waals surface area contributed by atoms with Gasteiger partial charge in [0.15, 0.2) is 0 Å². The van der Waals surface area contributed by atoms with E-state index in [0.717, 1.165) is 0 Å². The summed E-state index contributed by atoms with van der Waals surface area (Å²) in [6.45, 7) is 0. The Balaban J connectivity index is 0. The molecule has 0 aliphatic carbocycles. The summed E-state index contributed by atoms with van der Waals surface area (Å²) in [6, 6.07) is 0. The monoisotopic (exact) mass is 125 g/mol. The Morgan fingerprint density at radius 3 is 1.75 bits per heavy atom. The second-order valence-corrected chi connectivity index (χ2v) is 0.245. The quantitative estimate of drug-likeness (QED) is 0.335. The van der Waals surface area contributed by atoms with Gasteiger partial charge in [-0.3, -0.25) is 0 Å². The largest absolute Gasteiger partial charge is 0.308 e. The van der Waals surface area contributed by atoms with Crippen LogP contribution >= 0.6 is 0 Å². The second-order valence-electron chi connectivity index (χ2n) is 0.0816. The van der Waals surface area contributed by atoms with Gasteiger partial charge in [0.25, 0.3) is 0 Å². The van der Waals surface area contributed by atoms with E-state index in [4.69, 9.17) is 8.76 Å². The summed E-state index contributed by atoms with van der Waals surface area (Å²) >= 11 is -0.833. The van der Waals surface area contributed by atoms with Gasteiger partial charge in [0.05, 0.1) is 0 Å². The molecule has 0 heterocycles. The van der Waals surface area contributed by atoms with E-state index in [9.17, 15) is 0 Å². The molecule has 4 heavy (non-hydrogen) atoms. The van der Waals surface area contributed by atoms with E-state index in [2.05, 4.69) is 0 Å². The molecule has 0 aliphatic heterocycles. The van der Waals surface area contributed by atoms with Gasteiger partial charge >= 0.3 is 0 Å². The van der Waals surface area contributed by atoms with Crippen molar-refractivity contribution in [2.24, 2.45) is 0 Å². The Hall–Kier alpha value is 0.616. The van der Waals surface area contributed by atoms with E-state index in [-0.39, 0.29) is 16.8 Å². The standard InChI is InChI=1S/Co.H2O2S/c;1-3-2/h;3H,(H,1,2). The molecule has 29 valence electrons. The van der Waals surface area contributed by atoms with Gasteiger partial charge in [-0.05, 0) is 0 Å². The molecule has 1 radical (unpaired) electrons. The Bertz CT molecular complexity index is 13.5. The summed E-state index contributed by atoms with van der Waals surface area (Å²) in [5.74, 6) is 0. The SMILES string of the molecule is O=[SH]O.[Co]. The zero-order valence-electron chi connectivity index (χ0n) is 1.64. The maximum atomic E-state index is 8.46. The van der Waals surface area contributed by atoms with Gasteiger partial charge in [-0.25, -0.2) is 4.21 Å². The van der Waals surface area contributed by atoms with Crippen molar-refractivity contribution in [1.82, 2.24) is 0 Å². The Kier molecular flexibility index (Phi) is 20.9. The molecule has 0 aromatic rings. The van der Waals surface area contributed by atoms with Crippen molar-refractivity contribution < 1.29 is 25.5 Å². The third kappa shape index (κ3) is 18.0. The van der Waals surface area contributed by atoms with Crippen LogP contribution in [0.2, 0.25) is 0 Å². The molecular weight excluding hydrogens is 123 g/mol. The van der Waals surface area contributed by atoms with Crippen molar-refractivity contribution in [2.45, 2.75) is 0 Å². The zero-order valence-corrected chi connectivity index (χ0v) is 3.57. The fourth-order valence-corrected chi connectivity index (χ4v) is 0. The molecule has 0 unspecified atom stereocenters. The fourth-order valence-electron chi connectivity index (χ4n) is 0. The minimum atomic E-state index is -0.833. The summed E-state index contributed by atoms with van der Waals surface area (Å²) < 4.78 is 15.4. The van der Waals surface area contributed by atoms with Crippen molar-refractivity contribution in [3.63, 3.8) is 0 Å². The van der Waals surface area contributed by atoms with Crippen LogP contribution in [0.15, 0.2) is 0 Å². The van der Waals surface area contributed by atoms with E-state index in [1.165, 1.54) is 0 Å². The van der Waals surface area contributed by atoms with Crippen molar-refractivity contribution >= 4 is 11.9 Å². The first-order valence-corrected chi connectivity index (χ1v) is 1.15. The van der Waals surface area contributed by atoms with E-state index in [0.29, 0.717) is 0 Å². The molecule has 0 saturated heterocycles. The van der Waals surface area contributed by atoms with Gasteiger partial charge in [-0.15, -0.1) is 0 Å². The summed E-state index contributed by atoms with van der Waals surface area (Å²) in [5, 5.41) is 0. The molecule has 0 aliphatic rings.